The first-order valence-electron chi connectivity index (χ1n) is 3.63. The summed E-state index contributed by atoms with van der Waals surface area (Å²) in [5.74, 6) is 0.576. The highest BCUT2D eigenvalue weighted by atomic mass is 127. The highest BCUT2D eigenvalue weighted by Gasteiger charge is 2.11. The van der Waals surface area contributed by atoms with Crippen LogP contribution in [0, 0.1) is 9.39 Å². The van der Waals surface area contributed by atoms with E-state index in [1.165, 1.54) is 16.7 Å². The van der Waals surface area contributed by atoms with Gasteiger partial charge in [-0.1, -0.05) is 0 Å². The third-order valence-corrected chi connectivity index (χ3v) is 3.67. The van der Waals surface area contributed by atoms with Crippen LogP contribution in [0.5, 0.6) is 5.75 Å². The Kier molecular flexibility index (Phi) is 2.42. The van der Waals surface area contributed by atoms with Gasteiger partial charge >= 0.3 is 0 Å². The first-order chi connectivity index (χ1) is 6.24. The largest absolute Gasteiger partial charge is 0.495 e. The summed E-state index contributed by atoms with van der Waals surface area (Å²) < 4.78 is 20.2. The molecule has 0 aliphatic heterocycles. The van der Waals surface area contributed by atoms with Crippen molar-refractivity contribution >= 4 is 44.0 Å². The second-order valence-electron chi connectivity index (χ2n) is 2.54. The summed E-state index contributed by atoms with van der Waals surface area (Å²) in [6.07, 6.45) is 0. The summed E-state index contributed by atoms with van der Waals surface area (Å²) in [7, 11) is 1.60. The molecule has 0 N–H and O–H groups in total. The molecule has 0 unspecified atom stereocenters. The lowest BCUT2D eigenvalue weighted by atomic mass is 10.2. The number of rotatable bonds is 1. The molecule has 4 heteroatoms. The van der Waals surface area contributed by atoms with E-state index in [9.17, 15) is 4.39 Å². The fourth-order valence-electron chi connectivity index (χ4n) is 1.21. The van der Waals surface area contributed by atoms with Crippen molar-refractivity contribution < 1.29 is 9.13 Å². The fraction of sp³-hybridized carbons (Fsp3) is 0.111. The maximum Gasteiger partial charge on any atom is 0.142 e. The van der Waals surface area contributed by atoms with Gasteiger partial charge in [0.1, 0.15) is 11.6 Å². The summed E-state index contributed by atoms with van der Waals surface area (Å²) in [5.41, 5.74) is 0. The van der Waals surface area contributed by atoms with Gasteiger partial charge in [-0.3, -0.25) is 0 Å². The highest BCUT2D eigenvalue weighted by Crippen LogP contribution is 2.35. The Hall–Kier alpha value is -0.360. The molecule has 0 amide bonds. The van der Waals surface area contributed by atoms with Gasteiger partial charge in [0.2, 0.25) is 0 Å². The molecule has 68 valence electrons. The van der Waals surface area contributed by atoms with Gasteiger partial charge in [-0.15, -0.1) is 11.3 Å². The van der Waals surface area contributed by atoms with E-state index < -0.39 is 0 Å². The van der Waals surface area contributed by atoms with Crippen LogP contribution in [0.25, 0.3) is 10.1 Å². The lowest BCUT2D eigenvalue weighted by Crippen LogP contribution is -1.84. The zero-order valence-corrected chi connectivity index (χ0v) is 9.78. The molecule has 1 heterocycles. The number of hydrogen-bond donors (Lipinski definition) is 0. The minimum atomic E-state index is -0.164. The van der Waals surface area contributed by atoms with Gasteiger partial charge in [0.05, 0.1) is 11.8 Å². The van der Waals surface area contributed by atoms with E-state index in [4.69, 9.17) is 4.74 Å². The SMILES string of the molecule is COc1ccc(I)c2c(F)csc12. The Morgan fingerprint density at radius 1 is 1.46 bits per heavy atom. The quantitative estimate of drug-likeness (QED) is 0.731. The molecule has 1 nitrogen and oxygen atoms in total. The normalized spacial score (nSPS) is 10.7. The predicted octanol–water partition coefficient (Wildman–Crippen LogP) is 3.65. The van der Waals surface area contributed by atoms with Crippen LogP contribution in [0.4, 0.5) is 4.39 Å². The third kappa shape index (κ3) is 1.42. The number of hydrogen-bond acceptors (Lipinski definition) is 2. The van der Waals surface area contributed by atoms with Crippen molar-refractivity contribution in [3.63, 3.8) is 0 Å². The Morgan fingerprint density at radius 2 is 2.23 bits per heavy atom. The highest BCUT2D eigenvalue weighted by molar-refractivity contribution is 14.1. The Morgan fingerprint density at radius 3 is 2.92 bits per heavy atom. The zero-order valence-electron chi connectivity index (χ0n) is 6.80. The molecule has 0 fully saturated rings. The minimum Gasteiger partial charge on any atom is -0.495 e. The molecule has 0 aliphatic carbocycles. The Bertz CT molecular complexity index is 452. The Balaban J connectivity index is 2.87. The lowest BCUT2D eigenvalue weighted by molar-refractivity contribution is 0.420. The maximum atomic E-state index is 13.3. The predicted molar refractivity (Wildman–Crippen MR) is 61.1 cm³/mol. The van der Waals surface area contributed by atoms with Gasteiger partial charge in [0.25, 0.3) is 0 Å². The maximum absolute atomic E-state index is 13.3. The van der Waals surface area contributed by atoms with E-state index in [0.717, 1.165) is 14.0 Å². The van der Waals surface area contributed by atoms with E-state index in [2.05, 4.69) is 22.6 Å². The van der Waals surface area contributed by atoms with Crippen LogP contribution in [0.3, 0.4) is 0 Å². The number of ether oxygens (including phenoxy) is 1. The molecule has 0 aliphatic rings. The summed E-state index contributed by atoms with van der Waals surface area (Å²) in [6, 6.07) is 3.72. The molecule has 13 heavy (non-hydrogen) atoms. The number of methoxy groups -OCH3 is 1. The van der Waals surface area contributed by atoms with Gasteiger partial charge in [0, 0.05) is 14.3 Å². The van der Waals surface area contributed by atoms with Gasteiger partial charge in [-0.05, 0) is 34.7 Å². The van der Waals surface area contributed by atoms with Crippen LogP contribution in [-0.4, -0.2) is 7.11 Å². The van der Waals surface area contributed by atoms with E-state index >= 15 is 0 Å². The van der Waals surface area contributed by atoms with Crippen LogP contribution in [0.2, 0.25) is 0 Å². The minimum absolute atomic E-state index is 0.164. The zero-order chi connectivity index (χ0) is 9.42. The third-order valence-electron chi connectivity index (χ3n) is 1.81. The number of thiophene rings is 1. The first-order valence-corrected chi connectivity index (χ1v) is 5.59. The number of fused-ring (bicyclic) bond motifs is 1. The second-order valence-corrected chi connectivity index (χ2v) is 4.58. The summed E-state index contributed by atoms with van der Waals surface area (Å²) in [6.45, 7) is 0. The molecule has 0 atom stereocenters. The first kappa shape index (κ1) is 9.21. The molecule has 0 radical (unpaired) electrons. The molecule has 0 saturated heterocycles. The van der Waals surface area contributed by atoms with E-state index in [-0.39, 0.29) is 5.82 Å². The summed E-state index contributed by atoms with van der Waals surface area (Å²) in [4.78, 5) is 0. The van der Waals surface area contributed by atoms with Gasteiger partial charge < -0.3 is 4.74 Å². The number of halogens is 2. The van der Waals surface area contributed by atoms with E-state index in [1.54, 1.807) is 7.11 Å². The van der Waals surface area contributed by atoms with Crippen molar-refractivity contribution in [2.45, 2.75) is 0 Å². The standard InChI is InChI=1S/C9H6FIOS/c1-12-7-3-2-6(11)8-5(10)4-13-9(7)8/h2-4H,1H3. The summed E-state index contributed by atoms with van der Waals surface area (Å²) in [5, 5.41) is 2.18. The number of benzene rings is 1. The van der Waals surface area contributed by atoms with Crippen molar-refractivity contribution in [1.82, 2.24) is 0 Å². The summed E-state index contributed by atoms with van der Waals surface area (Å²) >= 11 is 3.50. The molecule has 0 bridgehead atoms. The smallest absolute Gasteiger partial charge is 0.142 e. The Labute approximate surface area is 92.7 Å². The average molecular weight is 308 g/mol. The molecule has 1 aromatic carbocycles. The van der Waals surface area contributed by atoms with Crippen LogP contribution >= 0.6 is 33.9 Å². The average Bonchev–Trinajstić information content (AvgIpc) is 2.50. The molecule has 2 aromatic rings. The van der Waals surface area contributed by atoms with Crippen LogP contribution < -0.4 is 4.74 Å². The van der Waals surface area contributed by atoms with Gasteiger partial charge in [-0.2, -0.15) is 0 Å². The lowest BCUT2D eigenvalue weighted by Gasteiger charge is -2.01. The molecule has 0 saturated carbocycles. The van der Waals surface area contributed by atoms with Crippen LogP contribution in [0.15, 0.2) is 17.5 Å². The topological polar surface area (TPSA) is 9.23 Å². The molecular formula is C9H6FIOS. The van der Waals surface area contributed by atoms with Crippen molar-refractivity contribution in [1.29, 1.82) is 0 Å². The fourth-order valence-corrected chi connectivity index (χ4v) is 3.03. The van der Waals surface area contributed by atoms with Gasteiger partial charge in [0.15, 0.2) is 0 Å². The second kappa shape index (κ2) is 3.42. The van der Waals surface area contributed by atoms with Gasteiger partial charge in [-0.25, -0.2) is 4.39 Å². The molecule has 1 aromatic heterocycles. The molecule has 0 spiro atoms. The van der Waals surface area contributed by atoms with Crippen molar-refractivity contribution in [2.24, 2.45) is 0 Å². The van der Waals surface area contributed by atoms with Crippen molar-refractivity contribution in [3.8, 4) is 5.75 Å². The van der Waals surface area contributed by atoms with E-state index in [1.807, 2.05) is 12.1 Å². The van der Waals surface area contributed by atoms with Crippen molar-refractivity contribution in [2.75, 3.05) is 7.11 Å². The molecule has 2 rings (SSSR count). The van der Waals surface area contributed by atoms with Crippen LogP contribution in [0.1, 0.15) is 0 Å². The molecular weight excluding hydrogens is 302 g/mol. The van der Waals surface area contributed by atoms with Crippen LogP contribution in [-0.2, 0) is 0 Å². The van der Waals surface area contributed by atoms with Crippen molar-refractivity contribution in [3.05, 3.63) is 26.9 Å². The van der Waals surface area contributed by atoms with E-state index in [0.29, 0.717) is 5.39 Å². The monoisotopic (exact) mass is 308 g/mol.